The topological polar surface area (TPSA) is 136 Å². The molecule has 0 aromatic heterocycles. The molecule has 10 heteroatoms. The Labute approximate surface area is 231 Å². The van der Waals surface area contributed by atoms with Crippen LogP contribution in [0.5, 0.6) is 0 Å². The van der Waals surface area contributed by atoms with Crippen LogP contribution in [-0.2, 0) is 28.7 Å². The Balaban J connectivity index is 0.000000336. The van der Waals surface area contributed by atoms with Crippen molar-refractivity contribution in [1.29, 1.82) is 0 Å². The maximum Gasteiger partial charge on any atom is 0.240 e. The third-order valence-corrected chi connectivity index (χ3v) is 4.63. The highest BCUT2D eigenvalue weighted by Gasteiger charge is 2.03. The first-order valence-corrected chi connectivity index (χ1v) is 11.4. The number of nitrogens with zero attached hydrogens (tertiary/aromatic N) is 4. The summed E-state index contributed by atoms with van der Waals surface area (Å²) in [7, 11) is 6.50. The molecular weight excluding hydrogens is 512 g/mol. The second-order valence-corrected chi connectivity index (χ2v) is 7.37. The fourth-order valence-electron chi connectivity index (χ4n) is 3.13. The summed E-state index contributed by atoms with van der Waals surface area (Å²) >= 11 is 0. The van der Waals surface area contributed by atoms with Crippen LogP contribution in [0.25, 0.3) is 21.9 Å². The van der Waals surface area contributed by atoms with Gasteiger partial charge in [0.15, 0.2) is 0 Å². The Morgan fingerprint density at radius 1 is 0.450 bits per heavy atom. The number of hydrogen-bond acceptors (Lipinski definition) is 10. The Morgan fingerprint density at radius 2 is 0.750 bits per heavy atom. The third kappa shape index (κ3) is 10.9. The predicted octanol–water partition coefficient (Wildman–Crippen LogP) is 6.59. The molecule has 0 bridgehead atoms. The van der Waals surface area contributed by atoms with Crippen molar-refractivity contribution in [2.75, 3.05) is 28.4 Å². The first-order valence-electron chi connectivity index (χ1n) is 11.4. The Hall–Kier alpha value is -5.42. The minimum atomic E-state index is 0.510. The quantitative estimate of drug-likeness (QED) is 0.208. The summed E-state index contributed by atoms with van der Waals surface area (Å²) in [4.78, 5) is 54.9. The van der Waals surface area contributed by atoms with Gasteiger partial charge in [0.25, 0.3) is 0 Å². The van der Waals surface area contributed by atoms with E-state index in [1.807, 2.05) is 24.3 Å². The third-order valence-electron chi connectivity index (χ3n) is 4.63. The van der Waals surface area contributed by atoms with Crippen LogP contribution < -0.4 is 0 Å². The van der Waals surface area contributed by atoms with E-state index in [2.05, 4.69) is 29.4 Å². The summed E-state index contributed by atoms with van der Waals surface area (Å²) < 4.78 is 8.50. The van der Waals surface area contributed by atoms with Gasteiger partial charge in [-0.15, -0.1) is 0 Å². The molecule has 0 heterocycles. The molecule has 202 valence electrons. The number of rotatable bonds is 5. The van der Waals surface area contributed by atoms with Gasteiger partial charge < -0.3 is 9.47 Å². The number of aliphatic imine (C=N–C) groups is 4. The van der Waals surface area contributed by atoms with Crippen molar-refractivity contribution in [2.45, 2.75) is 0 Å². The van der Waals surface area contributed by atoms with Gasteiger partial charge in [-0.3, -0.25) is 0 Å². The van der Waals surface area contributed by atoms with Gasteiger partial charge in [0.05, 0.1) is 22.7 Å². The molecule has 4 rings (SSSR count). The summed E-state index contributed by atoms with van der Waals surface area (Å²) in [6.07, 6.45) is 5.97. The minimum Gasteiger partial charge on any atom is -0.388 e. The van der Waals surface area contributed by atoms with E-state index in [4.69, 9.17) is 0 Å². The average Bonchev–Trinajstić information content (AvgIpc) is 2.96. The molecular formula is C30H26N4O6. The zero-order chi connectivity index (χ0) is 29.6. The highest BCUT2D eigenvalue weighted by Crippen LogP contribution is 2.31. The van der Waals surface area contributed by atoms with Crippen LogP contribution in [0.15, 0.2) is 105 Å². The van der Waals surface area contributed by atoms with Crippen LogP contribution >= 0.6 is 0 Å². The van der Waals surface area contributed by atoms with Gasteiger partial charge in [-0.1, -0.05) is 48.5 Å². The summed E-state index contributed by atoms with van der Waals surface area (Å²) in [5, 5.41) is 1.50. The normalized spacial score (nSPS) is 8.70. The van der Waals surface area contributed by atoms with E-state index in [0.717, 1.165) is 21.9 Å². The number of benzene rings is 4. The highest BCUT2D eigenvalue weighted by molar-refractivity contribution is 6.00. The molecule has 0 unspecified atom stereocenters. The highest BCUT2D eigenvalue weighted by atomic mass is 16.5. The van der Waals surface area contributed by atoms with E-state index in [-0.39, 0.29) is 0 Å². The Bertz CT molecular complexity index is 1430. The van der Waals surface area contributed by atoms with Crippen molar-refractivity contribution < 1.29 is 28.7 Å². The van der Waals surface area contributed by atoms with Gasteiger partial charge in [0, 0.05) is 39.2 Å². The number of fused-ring (bicyclic) bond motifs is 1. The summed E-state index contributed by atoms with van der Waals surface area (Å²) in [6.45, 7) is 0. The van der Waals surface area contributed by atoms with Gasteiger partial charge in [-0.05, 0) is 47.5 Å². The number of hydrogen-bond donors (Lipinski definition) is 0. The number of isocyanates is 4. The molecule has 0 saturated carbocycles. The number of carbonyl (C=O) groups excluding carboxylic acids is 4. The van der Waals surface area contributed by atoms with Crippen molar-refractivity contribution in [2.24, 2.45) is 20.0 Å². The molecule has 0 radical (unpaired) electrons. The van der Waals surface area contributed by atoms with Crippen LogP contribution in [-0.4, -0.2) is 52.8 Å². The maximum atomic E-state index is 10.3. The van der Waals surface area contributed by atoms with Crippen LogP contribution in [0.2, 0.25) is 0 Å². The standard InChI is InChI=1S/C14H8N2O2.C12H6N2O2.2C2H6O/c17-9-15-13-5-1-11(2-6-13)12-3-7-14(8-4-12)16-10-18;15-7-13-11-5-1-3-9-10(11)4-2-6-12(9)14-8-16;2*1-3-2/h1-8H;1-6H;2*1-2H3. The zero-order valence-electron chi connectivity index (χ0n) is 22.3. The van der Waals surface area contributed by atoms with Crippen molar-refractivity contribution >= 4 is 57.8 Å². The lowest BCUT2D eigenvalue weighted by molar-refractivity contribution is 0.277. The van der Waals surface area contributed by atoms with Crippen molar-refractivity contribution in [3.05, 3.63) is 84.9 Å². The summed E-state index contributed by atoms with van der Waals surface area (Å²) in [5.41, 5.74) is 4.13. The molecule has 0 saturated heterocycles. The number of ether oxygens (including phenoxy) is 2. The lowest BCUT2D eigenvalue weighted by Gasteiger charge is -2.02. The Kier molecular flexibility index (Phi) is 16.0. The molecule has 4 aromatic carbocycles. The van der Waals surface area contributed by atoms with Crippen molar-refractivity contribution in [1.82, 2.24) is 0 Å². The van der Waals surface area contributed by atoms with Crippen molar-refractivity contribution in [3.8, 4) is 11.1 Å². The lowest BCUT2D eigenvalue weighted by Crippen LogP contribution is -1.76. The van der Waals surface area contributed by atoms with Gasteiger partial charge in [-0.2, -0.15) is 20.0 Å². The van der Waals surface area contributed by atoms with E-state index in [1.54, 1.807) is 89.1 Å². The molecule has 0 aliphatic heterocycles. The van der Waals surface area contributed by atoms with E-state index in [1.165, 1.54) is 24.3 Å². The van der Waals surface area contributed by atoms with Crippen LogP contribution in [0.1, 0.15) is 0 Å². The maximum absolute atomic E-state index is 10.3. The SMILES string of the molecule is COC.COC.O=C=Nc1ccc(-c2ccc(N=C=O)cc2)cc1.O=C=Nc1cccc2c(N=C=O)cccc12. The molecule has 0 fully saturated rings. The lowest BCUT2D eigenvalue weighted by atomic mass is 10.1. The zero-order valence-corrected chi connectivity index (χ0v) is 22.3. The molecule has 10 nitrogen and oxygen atoms in total. The van der Waals surface area contributed by atoms with Crippen LogP contribution in [0.3, 0.4) is 0 Å². The van der Waals surface area contributed by atoms with E-state index in [9.17, 15) is 19.2 Å². The summed E-state index contributed by atoms with van der Waals surface area (Å²) in [6, 6.07) is 24.8. The minimum absolute atomic E-state index is 0.510. The fourth-order valence-corrected chi connectivity index (χ4v) is 3.13. The molecule has 40 heavy (non-hydrogen) atoms. The fraction of sp³-hybridized carbons (Fsp3) is 0.133. The molecule has 0 atom stereocenters. The van der Waals surface area contributed by atoms with Crippen LogP contribution in [0, 0.1) is 0 Å². The number of methoxy groups -OCH3 is 2. The first-order chi connectivity index (χ1) is 19.5. The Morgan fingerprint density at radius 3 is 1.02 bits per heavy atom. The smallest absolute Gasteiger partial charge is 0.240 e. The molecule has 4 aromatic rings. The van der Waals surface area contributed by atoms with Crippen LogP contribution in [0.4, 0.5) is 22.7 Å². The van der Waals surface area contributed by atoms with Gasteiger partial charge >= 0.3 is 0 Å². The van der Waals surface area contributed by atoms with Gasteiger partial charge in [0.2, 0.25) is 24.3 Å². The monoisotopic (exact) mass is 538 g/mol. The largest absolute Gasteiger partial charge is 0.388 e. The molecule has 0 N–H and O–H groups in total. The second-order valence-electron chi connectivity index (χ2n) is 7.37. The molecule has 0 spiro atoms. The first kappa shape index (κ1) is 32.6. The average molecular weight is 539 g/mol. The van der Waals surface area contributed by atoms with Gasteiger partial charge in [-0.25, -0.2) is 19.2 Å². The molecule has 0 amide bonds. The predicted molar refractivity (Wildman–Crippen MR) is 153 cm³/mol. The second kappa shape index (κ2) is 19.7. The molecule has 0 aliphatic carbocycles. The van der Waals surface area contributed by atoms with Crippen molar-refractivity contribution in [3.63, 3.8) is 0 Å². The van der Waals surface area contributed by atoms with E-state index < -0.39 is 0 Å². The van der Waals surface area contributed by atoms with Gasteiger partial charge in [0.1, 0.15) is 0 Å². The summed E-state index contributed by atoms with van der Waals surface area (Å²) in [5.74, 6) is 0. The van der Waals surface area contributed by atoms with E-state index in [0.29, 0.717) is 22.7 Å². The van der Waals surface area contributed by atoms with E-state index >= 15 is 0 Å². The molecule has 0 aliphatic rings.